The van der Waals surface area contributed by atoms with Crippen molar-refractivity contribution in [1.82, 2.24) is 14.8 Å². The molecule has 0 unspecified atom stereocenters. The van der Waals surface area contributed by atoms with E-state index in [0.717, 1.165) is 10.7 Å². The number of rotatable bonds is 3. The van der Waals surface area contributed by atoms with Gasteiger partial charge in [0, 0.05) is 6.20 Å². The van der Waals surface area contributed by atoms with E-state index in [1.165, 1.54) is 18.3 Å². The average Bonchev–Trinajstić information content (AvgIpc) is 2.36. The molecule has 0 aromatic carbocycles. The highest BCUT2D eigenvalue weighted by molar-refractivity contribution is 9.10. The Morgan fingerprint density at radius 2 is 2.14 bits per heavy atom. The minimum atomic E-state index is -4.86. The van der Waals surface area contributed by atoms with Crippen molar-refractivity contribution in [2.75, 3.05) is 0 Å². The number of nitrogens with zero attached hydrogens (tertiary/aromatic N) is 3. The first-order valence-electron chi connectivity index (χ1n) is 5.39. The van der Waals surface area contributed by atoms with Crippen LogP contribution in [0.25, 0.3) is 0 Å². The zero-order valence-electron chi connectivity index (χ0n) is 10.1. The molecule has 21 heavy (non-hydrogen) atoms. The lowest BCUT2D eigenvalue weighted by molar-refractivity contribution is -0.275. The average molecular weight is 385 g/mol. The van der Waals surface area contributed by atoms with Crippen LogP contribution in [-0.4, -0.2) is 21.1 Å². The normalized spacial score (nSPS) is 11.5. The molecule has 0 N–H and O–H groups in total. The largest absolute Gasteiger partial charge is 0.573 e. The number of halogens is 5. The molecule has 2 aromatic rings. The minimum absolute atomic E-state index is 0.00990. The van der Waals surface area contributed by atoms with Gasteiger partial charge in [0.25, 0.3) is 5.56 Å². The summed E-state index contributed by atoms with van der Waals surface area (Å²) in [6.45, 7) is -0.315. The van der Waals surface area contributed by atoms with Crippen LogP contribution in [0, 0.1) is 0 Å². The summed E-state index contributed by atoms with van der Waals surface area (Å²) in [6, 6.07) is 3.67. The minimum Gasteiger partial charge on any atom is -0.404 e. The first-order chi connectivity index (χ1) is 9.76. The van der Waals surface area contributed by atoms with Crippen molar-refractivity contribution in [3.63, 3.8) is 0 Å². The summed E-state index contributed by atoms with van der Waals surface area (Å²) in [7, 11) is 0. The lowest BCUT2D eigenvalue weighted by Gasteiger charge is -2.12. The molecule has 2 aromatic heterocycles. The van der Waals surface area contributed by atoms with Gasteiger partial charge in [-0.25, -0.2) is 4.68 Å². The van der Waals surface area contributed by atoms with Crippen LogP contribution in [-0.2, 0) is 6.54 Å². The molecule has 0 spiro atoms. The van der Waals surface area contributed by atoms with Crippen molar-refractivity contribution in [3.8, 4) is 5.75 Å². The summed E-state index contributed by atoms with van der Waals surface area (Å²) in [4.78, 5) is 15.6. The van der Waals surface area contributed by atoms with Crippen LogP contribution in [0.3, 0.4) is 0 Å². The number of hydrogen-bond donors (Lipinski definition) is 0. The Labute approximate surface area is 129 Å². The fraction of sp³-hybridized carbons (Fsp3) is 0.182. The smallest absolute Gasteiger partial charge is 0.404 e. The molecule has 0 aliphatic heterocycles. The van der Waals surface area contributed by atoms with Crippen LogP contribution in [0.1, 0.15) is 5.69 Å². The van der Waals surface area contributed by atoms with Gasteiger partial charge in [0.15, 0.2) is 10.9 Å². The predicted octanol–water partition coefficient (Wildman–Crippen LogP) is 3.00. The Morgan fingerprint density at radius 1 is 1.43 bits per heavy atom. The molecular weight excluding hydrogens is 378 g/mol. The van der Waals surface area contributed by atoms with E-state index in [9.17, 15) is 18.0 Å². The number of pyridine rings is 1. The molecule has 0 amide bonds. The van der Waals surface area contributed by atoms with Crippen LogP contribution >= 0.6 is 27.5 Å². The van der Waals surface area contributed by atoms with E-state index in [-0.39, 0.29) is 21.9 Å². The molecule has 0 bridgehead atoms. The molecule has 0 saturated carbocycles. The Kier molecular flexibility index (Phi) is 4.52. The second kappa shape index (κ2) is 6.02. The third kappa shape index (κ3) is 4.18. The zero-order valence-corrected chi connectivity index (χ0v) is 12.4. The van der Waals surface area contributed by atoms with E-state index in [4.69, 9.17) is 11.6 Å². The number of hydrogen-bond acceptors (Lipinski definition) is 4. The number of ether oxygens (including phenoxy) is 1. The number of aromatic nitrogens is 3. The highest BCUT2D eigenvalue weighted by Gasteiger charge is 2.32. The fourth-order valence-corrected chi connectivity index (χ4v) is 2.24. The van der Waals surface area contributed by atoms with Crippen molar-refractivity contribution in [2.24, 2.45) is 0 Å². The van der Waals surface area contributed by atoms with Crippen molar-refractivity contribution >= 4 is 27.5 Å². The topological polar surface area (TPSA) is 57.0 Å². The van der Waals surface area contributed by atoms with Gasteiger partial charge in [-0.05, 0) is 34.1 Å². The molecule has 5 nitrogen and oxygen atoms in total. The van der Waals surface area contributed by atoms with E-state index in [0.29, 0.717) is 0 Å². The molecule has 0 fully saturated rings. The number of alkyl halides is 3. The van der Waals surface area contributed by atoms with Crippen molar-refractivity contribution < 1.29 is 17.9 Å². The van der Waals surface area contributed by atoms with Gasteiger partial charge in [-0.2, -0.15) is 5.10 Å². The summed E-state index contributed by atoms with van der Waals surface area (Å²) in [5.41, 5.74) is -0.651. The van der Waals surface area contributed by atoms with Gasteiger partial charge in [-0.1, -0.05) is 11.6 Å². The molecule has 10 heteroatoms. The Hall–Kier alpha value is -1.61. The lowest BCUT2D eigenvalue weighted by Crippen LogP contribution is -2.25. The summed E-state index contributed by atoms with van der Waals surface area (Å²) >= 11 is 8.69. The highest BCUT2D eigenvalue weighted by atomic mass is 79.9. The van der Waals surface area contributed by atoms with E-state index < -0.39 is 17.7 Å². The highest BCUT2D eigenvalue weighted by Crippen LogP contribution is 2.25. The third-order valence-electron chi connectivity index (χ3n) is 2.27. The standard InChI is InChI=1S/C11H6BrClF3N3O2/c12-6-4-9(13)18-19(10(6)20)5-7-8(2-1-3-17-7)21-11(14,15)16/h1-4H,5H2. The molecule has 0 atom stereocenters. The summed E-state index contributed by atoms with van der Waals surface area (Å²) in [6.07, 6.45) is -3.58. The lowest BCUT2D eigenvalue weighted by atomic mass is 10.3. The van der Waals surface area contributed by atoms with Gasteiger partial charge in [0.05, 0.1) is 11.0 Å². The van der Waals surface area contributed by atoms with Crippen LogP contribution in [0.5, 0.6) is 5.75 Å². The van der Waals surface area contributed by atoms with Crippen molar-refractivity contribution in [3.05, 3.63) is 50.1 Å². The van der Waals surface area contributed by atoms with Gasteiger partial charge in [-0.15, -0.1) is 13.2 Å². The summed E-state index contributed by atoms with van der Waals surface area (Å²) in [5.74, 6) is -0.505. The molecule has 0 saturated heterocycles. The maximum atomic E-state index is 12.3. The van der Waals surface area contributed by atoms with Gasteiger partial charge in [-0.3, -0.25) is 9.78 Å². The monoisotopic (exact) mass is 383 g/mol. The molecule has 2 heterocycles. The Balaban J connectivity index is 2.39. The second-order valence-corrected chi connectivity index (χ2v) is 5.02. The quantitative estimate of drug-likeness (QED) is 0.816. The Morgan fingerprint density at radius 3 is 2.81 bits per heavy atom. The summed E-state index contributed by atoms with van der Waals surface area (Å²) in [5, 5.41) is 3.74. The maximum absolute atomic E-state index is 12.3. The van der Waals surface area contributed by atoms with Crippen LogP contribution < -0.4 is 10.3 Å². The maximum Gasteiger partial charge on any atom is 0.573 e. The SMILES string of the molecule is O=c1c(Br)cc(Cl)nn1Cc1ncccc1OC(F)(F)F. The first-order valence-corrected chi connectivity index (χ1v) is 6.56. The zero-order chi connectivity index (χ0) is 15.6. The van der Waals surface area contributed by atoms with Gasteiger partial charge >= 0.3 is 6.36 Å². The van der Waals surface area contributed by atoms with Crippen LogP contribution in [0.2, 0.25) is 5.15 Å². The first kappa shape index (κ1) is 15.8. The molecule has 0 aliphatic carbocycles. The van der Waals surface area contributed by atoms with E-state index in [1.807, 2.05) is 0 Å². The van der Waals surface area contributed by atoms with Gasteiger partial charge < -0.3 is 4.74 Å². The molecule has 2 rings (SSSR count). The summed E-state index contributed by atoms with van der Waals surface area (Å²) < 4.78 is 41.8. The van der Waals surface area contributed by atoms with Crippen LogP contribution in [0.4, 0.5) is 13.2 Å². The third-order valence-corrected chi connectivity index (χ3v) is 3.03. The second-order valence-electron chi connectivity index (χ2n) is 3.77. The molecule has 0 radical (unpaired) electrons. The molecule has 112 valence electrons. The van der Waals surface area contributed by atoms with E-state index in [2.05, 4.69) is 30.7 Å². The van der Waals surface area contributed by atoms with Gasteiger partial charge in [0.2, 0.25) is 0 Å². The Bertz CT molecular complexity index is 721. The van der Waals surface area contributed by atoms with Gasteiger partial charge in [0.1, 0.15) is 5.69 Å². The van der Waals surface area contributed by atoms with Crippen molar-refractivity contribution in [1.29, 1.82) is 0 Å². The predicted molar refractivity (Wildman–Crippen MR) is 71.2 cm³/mol. The van der Waals surface area contributed by atoms with Crippen LogP contribution in [0.15, 0.2) is 33.7 Å². The fourth-order valence-electron chi connectivity index (χ4n) is 1.49. The van der Waals surface area contributed by atoms with E-state index >= 15 is 0 Å². The van der Waals surface area contributed by atoms with Crippen molar-refractivity contribution in [2.45, 2.75) is 12.9 Å². The molecular formula is C11H6BrClF3N3O2. The van der Waals surface area contributed by atoms with E-state index in [1.54, 1.807) is 0 Å². The molecule has 0 aliphatic rings.